The zero-order chi connectivity index (χ0) is 25.3. The summed E-state index contributed by atoms with van der Waals surface area (Å²) >= 11 is 1.05. The van der Waals surface area contributed by atoms with Crippen LogP contribution in [0.5, 0.6) is 0 Å². The van der Waals surface area contributed by atoms with E-state index in [9.17, 15) is 20.1 Å². The number of hydrogen-bond acceptors (Lipinski definition) is 10. The van der Waals surface area contributed by atoms with E-state index >= 15 is 0 Å². The van der Waals surface area contributed by atoms with E-state index < -0.39 is 11.6 Å². The number of carboxylic acids is 1. The van der Waals surface area contributed by atoms with Crippen LogP contribution in [0.25, 0.3) is 0 Å². The molecule has 36 heavy (non-hydrogen) atoms. The van der Waals surface area contributed by atoms with Crippen LogP contribution < -0.4 is 15.1 Å². The Kier molecular flexibility index (Phi) is 6.78. The molecule has 2 aliphatic rings. The molecule has 3 aromatic rings. The maximum atomic E-state index is 11.4. The van der Waals surface area contributed by atoms with E-state index in [1.807, 2.05) is 36.4 Å². The highest BCUT2D eigenvalue weighted by molar-refractivity contribution is 7.17. The number of rotatable bonds is 6. The average molecular weight is 511 g/mol. The van der Waals surface area contributed by atoms with Crippen LogP contribution in [-0.4, -0.2) is 68.5 Å². The standard InChI is InChI=1S/C25H30N6O4S/c1-16-21(22(33)34)36-24(26-16)29-23-27-19(30-11-7-18(32)8-12-30)15-20(28-23)31-13-9-25(35,10-14-31)17-5-3-2-4-6-17/h2-6,15,18,32,35H,7-14H2,1H3,(H,33,34)(H,26,27,28,29). The first kappa shape index (κ1) is 24.4. The van der Waals surface area contributed by atoms with Crippen LogP contribution in [0.4, 0.5) is 22.7 Å². The SMILES string of the molecule is Cc1nc(Nc2nc(N3CCC(O)CC3)cc(N3CCC(O)(c4ccccc4)CC3)n2)sc1C(=O)O. The number of thiazole rings is 1. The van der Waals surface area contributed by atoms with Crippen molar-refractivity contribution in [1.82, 2.24) is 15.0 Å². The minimum Gasteiger partial charge on any atom is -0.477 e. The molecule has 2 aromatic heterocycles. The van der Waals surface area contributed by atoms with Gasteiger partial charge in [-0.3, -0.25) is 5.32 Å². The molecular formula is C25H30N6O4S. The Bertz CT molecular complexity index is 1220. The monoisotopic (exact) mass is 510 g/mol. The zero-order valence-corrected chi connectivity index (χ0v) is 20.9. The second-order valence-corrected chi connectivity index (χ2v) is 10.4. The third-order valence-corrected chi connectivity index (χ3v) is 7.98. The van der Waals surface area contributed by atoms with Gasteiger partial charge in [0.2, 0.25) is 5.95 Å². The fourth-order valence-corrected chi connectivity index (χ4v) is 5.58. The molecule has 0 unspecified atom stereocenters. The number of anilines is 4. The van der Waals surface area contributed by atoms with Gasteiger partial charge in [-0.1, -0.05) is 41.7 Å². The number of nitrogens with one attached hydrogen (secondary N) is 1. The lowest BCUT2D eigenvalue weighted by Gasteiger charge is -2.39. The third kappa shape index (κ3) is 5.13. The van der Waals surface area contributed by atoms with Gasteiger partial charge < -0.3 is 25.1 Å². The number of carbonyl (C=O) groups is 1. The second-order valence-electron chi connectivity index (χ2n) is 9.37. The maximum absolute atomic E-state index is 11.4. The third-order valence-electron chi connectivity index (χ3n) is 6.92. The molecule has 10 nitrogen and oxygen atoms in total. The molecule has 11 heteroatoms. The summed E-state index contributed by atoms with van der Waals surface area (Å²) < 4.78 is 0. The second kappa shape index (κ2) is 10.00. The molecule has 190 valence electrons. The topological polar surface area (TPSA) is 135 Å². The van der Waals surface area contributed by atoms with E-state index in [0.29, 0.717) is 68.6 Å². The molecule has 0 aliphatic carbocycles. The van der Waals surface area contributed by atoms with Crippen LogP contribution in [0.1, 0.15) is 46.6 Å². The van der Waals surface area contributed by atoms with Crippen molar-refractivity contribution in [3.8, 4) is 0 Å². The Morgan fingerprint density at radius 1 is 1.03 bits per heavy atom. The molecule has 0 atom stereocenters. The number of piperidine rings is 2. The number of aliphatic hydroxyl groups is 2. The molecule has 0 radical (unpaired) electrons. The molecule has 0 spiro atoms. The van der Waals surface area contributed by atoms with Crippen LogP contribution in [0.3, 0.4) is 0 Å². The summed E-state index contributed by atoms with van der Waals surface area (Å²) in [4.78, 5) is 29.6. The molecular weight excluding hydrogens is 480 g/mol. The van der Waals surface area contributed by atoms with Gasteiger partial charge >= 0.3 is 5.97 Å². The molecule has 0 amide bonds. The molecule has 5 rings (SSSR count). The van der Waals surface area contributed by atoms with Crippen molar-refractivity contribution in [3.63, 3.8) is 0 Å². The molecule has 4 heterocycles. The van der Waals surface area contributed by atoms with Gasteiger partial charge in [0.1, 0.15) is 16.5 Å². The van der Waals surface area contributed by atoms with Crippen LogP contribution in [0, 0.1) is 6.92 Å². The van der Waals surface area contributed by atoms with Gasteiger partial charge in [-0.25, -0.2) is 9.78 Å². The van der Waals surface area contributed by atoms with Crippen molar-refractivity contribution < 1.29 is 20.1 Å². The van der Waals surface area contributed by atoms with E-state index in [4.69, 9.17) is 9.97 Å². The van der Waals surface area contributed by atoms with E-state index in [-0.39, 0.29) is 11.0 Å². The fraction of sp³-hybridized carbons (Fsp3) is 0.440. The molecule has 2 aliphatic heterocycles. The Hall–Kier alpha value is -3.28. The number of nitrogens with zero attached hydrogens (tertiary/aromatic N) is 5. The number of aromatic carboxylic acids is 1. The summed E-state index contributed by atoms with van der Waals surface area (Å²) in [6.07, 6.45) is 2.18. The van der Waals surface area contributed by atoms with Gasteiger partial charge in [0, 0.05) is 32.2 Å². The molecule has 1 aromatic carbocycles. The lowest BCUT2D eigenvalue weighted by Crippen LogP contribution is -2.43. The number of aromatic nitrogens is 3. The van der Waals surface area contributed by atoms with Crippen LogP contribution in [0.15, 0.2) is 36.4 Å². The van der Waals surface area contributed by atoms with E-state index in [1.165, 1.54) is 0 Å². The fourth-order valence-electron chi connectivity index (χ4n) is 4.78. The Labute approximate surface area is 213 Å². The van der Waals surface area contributed by atoms with Crippen molar-refractivity contribution in [1.29, 1.82) is 0 Å². The first-order chi connectivity index (χ1) is 17.3. The lowest BCUT2D eigenvalue weighted by atomic mass is 9.84. The van der Waals surface area contributed by atoms with Gasteiger partial charge in [0.15, 0.2) is 5.13 Å². The number of hydrogen-bond donors (Lipinski definition) is 4. The zero-order valence-electron chi connectivity index (χ0n) is 20.1. The molecule has 0 bridgehead atoms. The Morgan fingerprint density at radius 2 is 1.64 bits per heavy atom. The Balaban J connectivity index is 1.41. The first-order valence-corrected chi connectivity index (χ1v) is 12.9. The van der Waals surface area contributed by atoms with Gasteiger partial charge in [0.25, 0.3) is 0 Å². The molecule has 2 fully saturated rings. The van der Waals surface area contributed by atoms with Gasteiger partial charge in [-0.05, 0) is 38.2 Å². The number of carboxylic acid groups (broad SMARTS) is 1. The largest absolute Gasteiger partial charge is 0.477 e. The summed E-state index contributed by atoms with van der Waals surface area (Å²) in [7, 11) is 0. The van der Waals surface area contributed by atoms with Crippen molar-refractivity contribution in [3.05, 3.63) is 52.5 Å². The summed E-state index contributed by atoms with van der Waals surface area (Å²) in [6.45, 7) is 4.28. The van der Waals surface area contributed by atoms with Crippen LogP contribution in [0.2, 0.25) is 0 Å². The highest BCUT2D eigenvalue weighted by atomic mass is 32.1. The highest BCUT2D eigenvalue weighted by Crippen LogP contribution is 2.35. The highest BCUT2D eigenvalue weighted by Gasteiger charge is 2.34. The van der Waals surface area contributed by atoms with Crippen molar-refractivity contribution in [2.75, 3.05) is 41.3 Å². The molecule has 4 N–H and O–H groups in total. The van der Waals surface area contributed by atoms with Crippen molar-refractivity contribution in [2.45, 2.75) is 44.3 Å². The van der Waals surface area contributed by atoms with Crippen LogP contribution in [-0.2, 0) is 5.60 Å². The van der Waals surface area contributed by atoms with Gasteiger partial charge in [-0.2, -0.15) is 9.97 Å². The Morgan fingerprint density at radius 3 is 2.22 bits per heavy atom. The predicted molar refractivity (Wildman–Crippen MR) is 138 cm³/mol. The van der Waals surface area contributed by atoms with E-state index in [1.54, 1.807) is 6.92 Å². The normalized spacial score (nSPS) is 18.3. The quantitative estimate of drug-likeness (QED) is 0.392. The minimum atomic E-state index is -1.01. The summed E-state index contributed by atoms with van der Waals surface area (Å²) in [6, 6.07) is 11.7. The number of aliphatic hydroxyl groups excluding tert-OH is 1. The lowest BCUT2D eigenvalue weighted by molar-refractivity contribution is 0.0116. The smallest absolute Gasteiger partial charge is 0.347 e. The summed E-state index contributed by atoms with van der Waals surface area (Å²) in [5, 5.41) is 34.1. The number of benzene rings is 1. The van der Waals surface area contributed by atoms with E-state index in [2.05, 4.69) is 20.1 Å². The summed E-state index contributed by atoms with van der Waals surface area (Å²) in [5.74, 6) is 0.795. The van der Waals surface area contributed by atoms with Gasteiger partial charge in [-0.15, -0.1) is 0 Å². The van der Waals surface area contributed by atoms with E-state index in [0.717, 1.165) is 28.5 Å². The van der Waals surface area contributed by atoms with Crippen LogP contribution >= 0.6 is 11.3 Å². The molecule has 2 saturated heterocycles. The van der Waals surface area contributed by atoms with Gasteiger partial charge in [0.05, 0.1) is 17.4 Å². The van der Waals surface area contributed by atoms with Crippen molar-refractivity contribution in [2.24, 2.45) is 0 Å². The number of aryl methyl sites for hydroxylation is 1. The minimum absolute atomic E-state index is 0.176. The maximum Gasteiger partial charge on any atom is 0.347 e. The van der Waals surface area contributed by atoms with Crippen molar-refractivity contribution >= 4 is 40.0 Å². The summed E-state index contributed by atoms with van der Waals surface area (Å²) in [5.41, 5.74) is 0.492. The average Bonchev–Trinajstić information content (AvgIpc) is 3.25. The molecule has 0 saturated carbocycles. The predicted octanol–water partition coefficient (Wildman–Crippen LogP) is 3.13. The first-order valence-electron chi connectivity index (χ1n) is 12.1.